The van der Waals surface area contributed by atoms with Gasteiger partial charge in [0.1, 0.15) is 0 Å². The van der Waals surface area contributed by atoms with Crippen LogP contribution < -0.4 is 11.1 Å². The molecular formula is C15H17ClN2. The minimum atomic E-state index is 0.776. The van der Waals surface area contributed by atoms with Crippen molar-refractivity contribution >= 4 is 23.0 Å². The van der Waals surface area contributed by atoms with Crippen LogP contribution in [-0.2, 0) is 6.42 Å². The van der Waals surface area contributed by atoms with E-state index in [4.69, 9.17) is 17.3 Å². The number of halogens is 1. The lowest BCUT2D eigenvalue weighted by Crippen LogP contribution is -2.05. The van der Waals surface area contributed by atoms with Crippen LogP contribution in [0.15, 0.2) is 42.5 Å². The molecule has 2 rings (SSSR count). The molecule has 0 unspecified atom stereocenters. The van der Waals surface area contributed by atoms with Gasteiger partial charge < -0.3 is 11.1 Å². The highest BCUT2D eigenvalue weighted by Gasteiger charge is 1.97. The molecule has 18 heavy (non-hydrogen) atoms. The summed E-state index contributed by atoms with van der Waals surface area (Å²) in [4.78, 5) is 0. The minimum Gasteiger partial charge on any atom is -0.398 e. The number of hydrogen-bond acceptors (Lipinski definition) is 2. The van der Waals surface area contributed by atoms with Crippen LogP contribution in [0, 0.1) is 6.92 Å². The summed E-state index contributed by atoms with van der Waals surface area (Å²) in [6.07, 6.45) is 0.963. The second-order valence-electron chi connectivity index (χ2n) is 4.37. The van der Waals surface area contributed by atoms with Crippen LogP contribution in [0.4, 0.5) is 11.4 Å². The molecule has 0 atom stereocenters. The summed E-state index contributed by atoms with van der Waals surface area (Å²) in [7, 11) is 0. The number of nitrogens with one attached hydrogen (secondary N) is 1. The number of nitrogens with two attached hydrogens (primary N) is 1. The van der Waals surface area contributed by atoms with Crippen LogP contribution in [0.5, 0.6) is 0 Å². The monoisotopic (exact) mass is 260 g/mol. The third-order valence-corrected chi connectivity index (χ3v) is 3.19. The summed E-state index contributed by atoms with van der Waals surface area (Å²) in [6.45, 7) is 2.89. The number of benzene rings is 2. The molecule has 0 saturated heterocycles. The molecule has 2 aromatic rings. The summed E-state index contributed by atoms with van der Waals surface area (Å²) in [6, 6.07) is 14.0. The van der Waals surface area contributed by atoms with E-state index in [1.54, 1.807) is 0 Å². The van der Waals surface area contributed by atoms with Gasteiger partial charge in [0, 0.05) is 22.9 Å². The van der Waals surface area contributed by atoms with Crippen molar-refractivity contribution in [2.75, 3.05) is 17.6 Å². The van der Waals surface area contributed by atoms with E-state index in [1.165, 1.54) is 5.56 Å². The van der Waals surface area contributed by atoms with Crippen LogP contribution in [0.2, 0.25) is 5.02 Å². The Morgan fingerprint density at radius 2 is 1.83 bits per heavy atom. The fourth-order valence-corrected chi connectivity index (χ4v) is 1.88. The van der Waals surface area contributed by atoms with Gasteiger partial charge in [0.15, 0.2) is 0 Å². The van der Waals surface area contributed by atoms with Gasteiger partial charge in [0.2, 0.25) is 0 Å². The van der Waals surface area contributed by atoms with Gasteiger partial charge in [-0.05, 0) is 48.7 Å². The third kappa shape index (κ3) is 3.41. The zero-order chi connectivity index (χ0) is 13.0. The number of rotatable bonds is 4. The second-order valence-corrected chi connectivity index (χ2v) is 4.81. The standard InChI is InChI=1S/C15H17ClN2/c1-11-2-7-14(10-15(11)17)18-9-8-12-3-5-13(16)6-4-12/h2-7,10,18H,8-9,17H2,1H3. The first kappa shape index (κ1) is 12.8. The predicted octanol–water partition coefficient (Wildman–Crippen LogP) is 3.89. The zero-order valence-corrected chi connectivity index (χ0v) is 11.2. The molecule has 94 valence electrons. The van der Waals surface area contributed by atoms with Crippen LogP contribution in [0.3, 0.4) is 0 Å². The summed E-state index contributed by atoms with van der Waals surface area (Å²) in [5.74, 6) is 0. The molecule has 0 aliphatic rings. The van der Waals surface area contributed by atoms with E-state index < -0.39 is 0 Å². The number of aryl methyl sites for hydroxylation is 1. The average Bonchev–Trinajstić information content (AvgIpc) is 2.36. The van der Waals surface area contributed by atoms with Crippen molar-refractivity contribution in [3.05, 3.63) is 58.6 Å². The molecule has 0 heterocycles. The van der Waals surface area contributed by atoms with Gasteiger partial charge in [-0.2, -0.15) is 0 Å². The Morgan fingerprint density at radius 1 is 1.11 bits per heavy atom. The highest BCUT2D eigenvalue weighted by molar-refractivity contribution is 6.30. The lowest BCUT2D eigenvalue weighted by molar-refractivity contribution is 1.02. The van der Waals surface area contributed by atoms with Gasteiger partial charge >= 0.3 is 0 Å². The highest BCUT2D eigenvalue weighted by Crippen LogP contribution is 2.17. The fraction of sp³-hybridized carbons (Fsp3) is 0.200. The molecule has 0 amide bonds. The van der Waals surface area contributed by atoms with E-state index in [9.17, 15) is 0 Å². The van der Waals surface area contributed by atoms with Crippen LogP contribution >= 0.6 is 11.6 Å². The van der Waals surface area contributed by atoms with Crippen molar-refractivity contribution in [1.82, 2.24) is 0 Å². The quantitative estimate of drug-likeness (QED) is 0.819. The maximum absolute atomic E-state index is 5.87. The van der Waals surface area contributed by atoms with Crippen molar-refractivity contribution in [2.45, 2.75) is 13.3 Å². The summed E-state index contributed by atoms with van der Waals surface area (Å²) in [5, 5.41) is 4.14. The zero-order valence-electron chi connectivity index (χ0n) is 10.4. The first-order valence-electron chi connectivity index (χ1n) is 5.99. The number of nitrogen functional groups attached to an aromatic ring is 1. The average molecular weight is 261 g/mol. The molecule has 0 radical (unpaired) electrons. The molecule has 0 spiro atoms. The third-order valence-electron chi connectivity index (χ3n) is 2.94. The van der Waals surface area contributed by atoms with Gasteiger partial charge in [-0.1, -0.05) is 29.8 Å². The first-order chi connectivity index (χ1) is 8.65. The van der Waals surface area contributed by atoms with Gasteiger partial charge in [0.05, 0.1) is 0 Å². The first-order valence-corrected chi connectivity index (χ1v) is 6.37. The molecule has 0 saturated carbocycles. The normalized spacial score (nSPS) is 10.3. The SMILES string of the molecule is Cc1ccc(NCCc2ccc(Cl)cc2)cc1N. The Kier molecular flexibility index (Phi) is 4.11. The van der Waals surface area contributed by atoms with Crippen molar-refractivity contribution in [3.8, 4) is 0 Å². The Labute approximate surface area is 113 Å². The Hall–Kier alpha value is -1.67. The molecule has 2 nitrogen and oxygen atoms in total. The predicted molar refractivity (Wildman–Crippen MR) is 79.2 cm³/mol. The van der Waals surface area contributed by atoms with Gasteiger partial charge in [-0.25, -0.2) is 0 Å². The maximum Gasteiger partial charge on any atom is 0.0406 e. The van der Waals surface area contributed by atoms with E-state index in [2.05, 4.69) is 5.32 Å². The molecule has 0 aliphatic heterocycles. The van der Waals surface area contributed by atoms with E-state index in [0.717, 1.165) is 34.9 Å². The Balaban J connectivity index is 1.88. The Morgan fingerprint density at radius 3 is 2.50 bits per heavy atom. The smallest absolute Gasteiger partial charge is 0.0406 e. The maximum atomic E-state index is 5.87. The van der Waals surface area contributed by atoms with E-state index in [0.29, 0.717) is 0 Å². The molecule has 0 aromatic heterocycles. The Bertz CT molecular complexity index is 521. The summed E-state index contributed by atoms with van der Waals surface area (Å²) >= 11 is 5.84. The van der Waals surface area contributed by atoms with E-state index in [1.807, 2.05) is 49.4 Å². The summed E-state index contributed by atoms with van der Waals surface area (Å²) in [5.41, 5.74) is 10.1. The second kappa shape index (κ2) is 5.78. The van der Waals surface area contributed by atoms with Gasteiger partial charge in [0.25, 0.3) is 0 Å². The molecule has 0 fully saturated rings. The van der Waals surface area contributed by atoms with Gasteiger partial charge in [-0.15, -0.1) is 0 Å². The largest absolute Gasteiger partial charge is 0.398 e. The van der Waals surface area contributed by atoms with Crippen LogP contribution in [0.25, 0.3) is 0 Å². The van der Waals surface area contributed by atoms with Crippen molar-refractivity contribution in [2.24, 2.45) is 0 Å². The van der Waals surface area contributed by atoms with Crippen molar-refractivity contribution in [3.63, 3.8) is 0 Å². The summed E-state index contributed by atoms with van der Waals surface area (Å²) < 4.78 is 0. The van der Waals surface area contributed by atoms with E-state index >= 15 is 0 Å². The molecule has 0 aliphatic carbocycles. The fourth-order valence-electron chi connectivity index (χ4n) is 1.75. The highest BCUT2D eigenvalue weighted by atomic mass is 35.5. The molecule has 0 bridgehead atoms. The molecular weight excluding hydrogens is 244 g/mol. The number of anilines is 2. The lowest BCUT2D eigenvalue weighted by atomic mass is 10.1. The van der Waals surface area contributed by atoms with Crippen molar-refractivity contribution in [1.29, 1.82) is 0 Å². The molecule has 2 aromatic carbocycles. The minimum absolute atomic E-state index is 0.776. The van der Waals surface area contributed by atoms with E-state index in [-0.39, 0.29) is 0 Å². The molecule has 3 heteroatoms. The topological polar surface area (TPSA) is 38.0 Å². The van der Waals surface area contributed by atoms with Crippen LogP contribution in [-0.4, -0.2) is 6.54 Å². The van der Waals surface area contributed by atoms with Crippen molar-refractivity contribution < 1.29 is 0 Å². The van der Waals surface area contributed by atoms with Crippen LogP contribution in [0.1, 0.15) is 11.1 Å². The molecule has 3 N–H and O–H groups in total. The van der Waals surface area contributed by atoms with Gasteiger partial charge in [-0.3, -0.25) is 0 Å². The number of hydrogen-bond donors (Lipinski definition) is 2. The lowest BCUT2D eigenvalue weighted by Gasteiger charge is -2.08.